The van der Waals surface area contributed by atoms with E-state index in [1.165, 1.54) is 6.07 Å². The second-order valence-electron chi connectivity index (χ2n) is 6.62. The zero-order chi connectivity index (χ0) is 19.4. The minimum absolute atomic E-state index is 0.0669. The Kier molecular flexibility index (Phi) is 6.45. The Balaban J connectivity index is 2.82. The Hall–Kier alpha value is -2.25. The molecule has 0 aromatic heterocycles. The molecule has 140 valence electrons. The first kappa shape index (κ1) is 20.8. The lowest BCUT2D eigenvalue weighted by Crippen LogP contribution is -2.34. The number of anilines is 1. The van der Waals surface area contributed by atoms with Gasteiger partial charge in [-0.15, -0.1) is 0 Å². The van der Waals surface area contributed by atoms with E-state index in [9.17, 15) is 18.0 Å². The topological polar surface area (TPSA) is 85.4 Å². The van der Waals surface area contributed by atoms with Crippen LogP contribution < -0.4 is 10.5 Å². The fraction of sp³-hybridized carbons (Fsp3) is 0.529. The Morgan fingerprint density at radius 1 is 1.24 bits per heavy atom. The molecular formula is C17H23F3N2O3. The molecule has 1 atom stereocenters. The molecule has 1 rings (SSSR count). The number of halogens is 3. The quantitative estimate of drug-likeness (QED) is 0.455. The van der Waals surface area contributed by atoms with Crippen molar-refractivity contribution in [2.75, 3.05) is 12.3 Å². The molecule has 8 heteroatoms. The van der Waals surface area contributed by atoms with Gasteiger partial charge in [-0.3, -0.25) is 5.41 Å². The molecule has 5 nitrogen and oxygen atoms in total. The lowest BCUT2D eigenvalue weighted by Gasteiger charge is -2.22. The summed E-state index contributed by atoms with van der Waals surface area (Å²) in [6.07, 6.45) is -4.15. The monoisotopic (exact) mass is 360 g/mol. The maximum Gasteiger partial charge on any atom is 0.416 e. The van der Waals surface area contributed by atoms with E-state index < -0.39 is 29.2 Å². The fourth-order valence-corrected chi connectivity index (χ4v) is 1.97. The number of hydrogen-bond acceptors (Lipinski definition) is 5. The molecule has 0 radical (unpaired) electrons. The first-order valence-electron chi connectivity index (χ1n) is 7.76. The molecular weight excluding hydrogens is 337 g/mol. The second kappa shape index (κ2) is 7.76. The van der Waals surface area contributed by atoms with Crippen molar-refractivity contribution in [2.24, 2.45) is 5.92 Å². The molecule has 1 aromatic carbocycles. The highest BCUT2D eigenvalue weighted by Gasteiger charge is 2.31. The number of carbonyl (C=O) groups is 1. The maximum atomic E-state index is 12.8. The molecule has 0 aliphatic heterocycles. The predicted octanol–water partition coefficient (Wildman–Crippen LogP) is 4.05. The van der Waals surface area contributed by atoms with Crippen molar-refractivity contribution >= 4 is 17.4 Å². The molecule has 0 unspecified atom stereocenters. The van der Waals surface area contributed by atoms with Crippen LogP contribution in [0.15, 0.2) is 18.2 Å². The molecule has 25 heavy (non-hydrogen) atoms. The Morgan fingerprint density at radius 2 is 1.84 bits per heavy atom. The normalized spacial score (nSPS) is 13.2. The zero-order valence-corrected chi connectivity index (χ0v) is 14.7. The molecule has 0 spiro atoms. The summed E-state index contributed by atoms with van der Waals surface area (Å²) in [5.41, 5.74) is 3.46. The lowest BCUT2D eigenvalue weighted by atomic mass is 10.0. The third-order valence-corrected chi connectivity index (χ3v) is 3.23. The smallest absolute Gasteiger partial charge is 0.416 e. The SMILES string of the molecule is CC[C@@H](COc1cc(N)cc(C(F)(F)F)c1)C(=N)C(=O)OC(C)(C)C. The van der Waals surface area contributed by atoms with Crippen LogP contribution in [0.25, 0.3) is 0 Å². The summed E-state index contributed by atoms with van der Waals surface area (Å²) < 4.78 is 48.9. The number of hydrogen-bond donors (Lipinski definition) is 2. The molecule has 0 aliphatic carbocycles. The predicted molar refractivity (Wildman–Crippen MR) is 88.7 cm³/mol. The lowest BCUT2D eigenvalue weighted by molar-refractivity contribution is -0.146. The van der Waals surface area contributed by atoms with E-state index in [0.717, 1.165) is 12.1 Å². The van der Waals surface area contributed by atoms with E-state index in [-0.39, 0.29) is 23.8 Å². The van der Waals surface area contributed by atoms with E-state index in [0.29, 0.717) is 6.42 Å². The summed E-state index contributed by atoms with van der Waals surface area (Å²) >= 11 is 0. The van der Waals surface area contributed by atoms with Gasteiger partial charge in [0.05, 0.1) is 12.2 Å². The number of carbonyl (C=O) groups excluding carboxylic acids is 1. The number of esters is 1. The summed E-state index contributed by atoms with van der Waals surface area (Å²) in [6.45, 7) is 6.66. The number of rotatable bonds is 6. The summed E-state index contributed by atoms with van der Waals surface area (Å²) in [7, 11) is 0. The molecule has 0 saturated heterocycles. The average Bonchev–Trinajstić information content (AvgIpc) is 2.44. The maximum absolute atomic E-state index is 12.8. The van der Waals surface area contributed by atoms with Gasteiger partial charge in [0.1, 0.15) is 17.1 Å². The van der Waals surface area contributed by atoms with Crippen LogP contribution in [0.4, 0.5) is 18.9 Å². The van der Waals surface area contributed by atoms with E-state index >= 15 is 0 Å². The van der Waals surface area contributed by atoms with Crippen molar-refractivity contribution in [3.05, 3.63) is 23.8 Å². The van der Waals surface area contributed by atoms with Crippen LogP contribution in [0.3, 0.4) is 0 Å². The summed E-state index contributed by atoms with van der Waals surface area (Å²) in [5.74, 6) is -1.44. The van der Waals surface area contributed by atoms with Crippen molar-refractivity contribution < 1.29 is 27.4 Å². The molecule has 0 aliphatic rings. The van der Waals surface area contributed by atoms with E-state index in [1.54, 1.807) is 27.7 Å². The third-order valence-electron chi connectivity index (χ3n) is 3.23. The summed E-state index contributed by atoms with van der Waals surface area (Å²) in [5, 5.41) is 7.92. The molecule has 0 bridgehead atoms. The molecule has 0 heterocycles. The highest BCUT2D eigenvalue weighted by atomic mass is 19.4. The summed E-state index contributed by atoms with van der Waals surface area (Å²) in [4.78, 5) is 11.9. The van der Waals surface area contributed by atoms with Crippen LogP contribution in [0.1, 0.15) is 39.7 Å². The van der Waals surface area contributed by atoms with Crippen LogP contribution in [-0.4, -0.2) is 23.9 Å². The average molecular weight is 360 g/mol. The zero-order valence-electron chi connectivity index (χ0n) is 14.7. The van der Waals surface area contributed by atoms with Crippen molar-refractivity contribution in [3.8, 4) is 5.75 Å². The van der Waals surface area contributed by atoms with Crippen molar-refractivity contribution in [1.82, 2.24) is 0 Å². The van der Waals surface area contributed by atoms with Crippen LogP contribution in [0, 0.1) is 11.3 Å². The van der Waals surface area contributed by atoms with Crippen LogP contribution in [-0.2, 0) is 15.7 Å². The second-order valence-corrected chi connectivity index (χ2v) is 6.62. The van der Waals surface area contributed by atoms with E-state index in [1.807, 2.05) is 0 Å². The van der Waals surface area contributed by atoms with Crippen LogP contribution >= 0.6 is 0 Å². The van der Waals surface area contributed by atoms with Crippen LogP contribution in [0.5, 0.6) is 5.75 Å². The standard InChI is InChI=1S/C17H23F3N2O3/c1-5-10(14(22)15(23)25-16(2,3)4)9-24-13-7-11(17(18,19)20)6-12(21)8-13/h6-8,10,22H,5,9,21H2,1-4H3/t10-/m0/s1. The summed E-state index contributed by atoms with van der Waals surface area (Å²) in [6, 6.07) is 2.91. The van der Waals surface area contributed by atoms with E-state index in [2.05, 4.69) is 0 Å². The third kappa shape index (κ3) is 6.64. The van der Waals surface area contributed by atoms with Gasteiger partial charge in [0.2, 0.25) is 0 Å². The van der Waals surface area contributed by atoms with E-state index in [4.69, 9.17) is 20.6 Å². The molecule has 0 fully saturated rings. The molecule has 3 N–H and O–H groups in total. The first-order chi connectivity index (χ1) is 11.3. The van der Waals surface area contributed by atoms with Gasteiger partial charge in [-0.05, 0) is 39.3 Å². The van der Waals surface area contributed by atoms with Crippen molar-refractivity contribution in [3.63, 3.8) is 0 Å². The van der Waals surface area contributed by atoms with Gasteiger partial charge in [0, 0.05) is 17.7 Å². The van der Waals surface area contributed by atoms with Gasteiger partial charge in [0.15, 0.2) is 0 Å². The number of ether oxygens (including phenoxy) is 2. The van der Waals surface area contributed by atoms with Crippen LogP contribution in [0.2, 0.25) is 0 Å². The molecule has 1 aromatic rings. The highest BCUT2D eigenvalue weighted by molar-refractivity contribution is 6.36. The highest BCUT2D eigenvalue weighted by Crippen LogP contribution is 2.33. The van der Waals surface area contributed by atoms with Gasteiger partial charge in [-0.1, -0.05) is 6.92 Å². The number of nitrogens with two attached hydrogens (primary N) is 1. The number of nitrogen functional groups attached to an aromatic ring is 1. The Morgan fingerprint density at radius 3 is 2.32 bits per heavy atom. The Bertz CT molecular complexity index is 637. The van der Waals surface area contributed by atoms with Gasteiger partial charge >= 0.3 is 12.1 Å². The minimum Gasteiger partial charge on any atom is -0.493 e. The minimum atomic E-state index is -4.54. The van der Waals surface area contributed by atoms with Crippen molar-refractivity contribution in [1.29, 1.82) is 5.41 Å². The number of benzene rings is 1. The number of nitrogens with one attached hydrogen (secondary N) is 1. The Labute approximate surface area is 144 Å². The van der Waals surface area contributed by atoms with Gasteiger partial charge in [-0.2, -0.15) is 13.2 Å². The molecule has 0 amide bonds. The van der Waals surface area contributed by atoms with Gasteiger partial charge in [-0.25, -0.2) is 4.79 Å². The molecule has 0 saturated carbocycles. The fourth-order valence-electron chi connectivity index (χ4n) is 1.97. The van der Waals surface area contributed by atoms with Gasteiger partial charge in [0.25, 0.3) is 0 Å². The first-order valence-corrected chi connectivity index (χ1v) is 7.76. The van der Waals surface area contributed by atoms with Gasteiger partial charge < -0.3 is 15.2 Å². The number of alkyl halides is 3. The largest absolute Gasteiger partial charge is 0.493 e. The van der Waals surface area contributed by atoms with Crippen molar-refractivity contribution in [2.45, 2.75) is 45.9 Å².